The van der Waals surface area contributed by atoms with Gasteiger partial charge in [-0.15, -0.1) is 0 Å². The molecule has 144 valence electrons. The van der Waals surface area contributed by atoms with Gasteiger partial charge in [-0.1, -0.05) is 29.8 Å². The number of Topliss-reactive ketones (excluding diaryl/α,β-unsaturated/α-hetero) is 1. The smallest absolute Gasteiger partial charge is 0.291 e. The lowest BCUT2D eigenvalue weighted by molar-refractivity contribution is -0.133. The Balaban J connectivity index is 2.02. The van der Waals surface area contributed by atoms with E-state index in [0.29, 0.717) is 11.3 Å². The van der Waals surface area contributed by atoms with Crippen LogP contribution in [0.5, 0.6) is 0 Å². The summed E-state index contributed by atoms with van der Waals surface area (Å²) >= 11 is 0. The third-order valence-electron chi connectivity index (χ3n) is 4.06. The number of H-pyrrole nitrogens is 1. The first-order chi connectivity index (χ1) is 13.9. The first kappa shape index (κ1) is 19.5. The first-order valence-electron chi connectivity index (χ1n) is 8.68. The van der Waals surface area contributed by atoms with E-state index in [1.165, 1.54) is 0 Å². The Hall–Kier alpha value is -4.25. The zero-order chi connectivity index (χ0) is 21.0. The van der Waals surface area contributed by atoms with Crippen LogP contribution in [-0.2, 0) is 9.59 Å². The molecule has 0 atom stereocenters. The van der Waals surface area contributed by atoms with Gasteiger partial charge in [0.25, 0.3) is 11.5 Å². The summed E-state index contributed by atoms with van der Waals surface area (Å²) in [6.45, 7) is 3.12. The minimum absolute atomic E-state index is 0.157. The molecule has 0 aliphatic carbocycles. The second kappa shape index (κ2) is 8.19. The van der Waals surface area contributed by atoms with Gasteiger partial charge in [-0.3, -0.25) is 19.4 Å². The van der Waals surface area contributed by atoms with Crippen LogP contribution in [0.3, 0.4) is 0 Å². The Morgan fingerprint density at radius 3 is 2.48 bits per heavy atom. The minimum Gasteiger partial charge on any atom is -0.326 e. The molecule has 0 saturated heterocycles. The summed E-state index contributed by atoms with van der Waals surface area (Å²) in [6.07, 6.45) is 0. The molecule has 1 amide bonds. The molecule has 3 N–H and O–H groups in total. The van der Waals surface area contributed by atoms with E-state index >= 15 is 0 Å². The van der Waals surface area contributed by atoms with E-state index in [1.54, 1.807) is 24.3 Å². The summed E-state index contributed by atoms with van der Waals surface area (Å²) in [6, 6.07) is 15.8. The number of carbonyl (C=O) groups is 2. The maximum absolute atomic E-state index is 12.4. The van der Waals surface area contributed by atoms with Gasteiger partial charge >= 0.3 is 0 Å². The number of aromatic amines is 1. The number of hydrogen-bond donors (Lipinski definition) is 3. The number of hydrogen-bond acceptors (Lipinski definition) is 6. The number of nitrogens with one attached hydrogen (secondary N) is 3. The number of rotatable bonds is 5. The van der Waals surface area contributed by atoms with Gasteiger partial charge in [0.05, 0.1) is 5.69 Å². The zero-order valence-electron chi connectivity index (χ0n) is 15.7. The molecule has 0 unspecified atom stereocenters. The van der Waals surface area contributed by atoms with Crippen LogP contribution in [0.15, 0.2) is 53.3 Å². The van der Waals surface area contributed by atoms with E-state index in [9.17, 15) is 19.6 Å². The van der Waals surface area contributed by atoms with E-state index in [1.807, 2.05) is 37.3 Å². The number of ketones is 1. The third kappa shape index (κ3) is 4.54. The van der Waals surface area contributed by atoms with Crippen LogP contribution in [0.4, 0.5) is 17.3 Å². The molecule has 3 aromatic rings. The molecule has 0 aliphatic rings. The molecule has 2 aromatic carbocycles. The Kier molecular flexibility index (Phi) is 5.51. The van der Waals surface area contributed by atoms with Crippen LogP contribution in [0.25, 0.3) is 11.3 Å². The molecule has 8 nitrogen and oxygen atoms in total. The van der Waals surface area contributed by atoms with Crippen molar-refractivity contribution in [1.82, 2.24) is 9.97 Å². The summed E-state index contributed by atoms with van der Waals surface area (Å²) < 4.78 is 0. The van der Waals surface area contributed by atoms with Crippen LogP contribution in [0.2, 0.25) is 0 Å². The van der Waals surface area contributed by atoms with Gasteiger partial charge in [-0.25, -0.2) is 4.98 Å². The molecule has 0 saturated carbocycles. The Morgan fingerprint density at radius 1 is 1.10 bits per heavy atom. The molecule has 0 radical (unpaired) electrons. The number of carbonyl (C=O) groups excluding carboxylic acids is 2. The maximum atomic E-state index is 12.4. The highest BCUT2D eigenvalue weighted by molar-refractivity contribution is 6.39. The van der Waals surface area contributed by atoms with Gasteiger partial charge in [-0.05, 0) is 31.2 Å². The predicted octanol–water partition coefficient (Wildman–Crippen LogP) is 2.89. The van der Waals surface area contributed by atoms with Gasteiger partial charge in [-0.2, -0.15) is 5.26 Å². The average Bonchev–Trinajstić information content (AvgIpc) is 2.69. The number of amides is 1. The van der Waals surface area contributed by atoms with Crippen molar-refractivity contribution in [2.45, 2.75) is 13.8 Å². The summed E-state index contributed by atoms with van der Waals surface area (Å²) in [4.78, 5) is 42.1. The largest absolute Gasteiger partial charge is 0.326 e. The van der Waals surface area contributed by atoms with E-state index in [4.69, 9.17) is 0 Å². The normalized spacial score (nSPS) is 10.1. The van der Waals surface area contributed by atoms with E-state index < -0.39 is 17.2 Å². The highest BCUT2D eigenvalue weighted by Gasteiger charge is 2.15. The lowest BCUT2D eigenvalue weighted by Gasteiger charge is -2.10. The zero-order valence-corrected chi connectivity index (χ0v) is 15.7. The Morgan fingerprint density at radius 2 is 1.83 bits per heavy atom. The number of aromatic nitrogens is 2. The highest BCUT2D eigenvalue weighted by atomic mass is 16.2. The fourth-order valence-electron chi connectivity index (χ4n) is 2.58. The fourth-order valence-corrected chi connectivity index (χ4v) is 2.58. The van der Waals surface area contributed by atoms with Gasteiger partial charge in [0.2, 0.25) is 11.7 Å². The number of aryl methyl sites for hydroxylation is 1. The molecule has 0 spiro atoms. The third-order valence-corrected chi connectivity index (χ3v) is 4.06. The Bertz CT molecular complexity index is 1190. The summed E-state index contributed by atoms with van der Waals surface area (Å²) in [5.74, 6) is -1.22. The van der Waals surface area contributed by atoms with Gasteiger partial charge < -0.3 is 10.6 Å². The van der Waals surface area contributed by atoms with Crippen LogP contribution in [-0.4, -0.2) is 21.7 Å². The lowest BCUT2D eigenvalue weighted by Crippen LogP contribution is -2.19. The fraction of sp³-hybridized carbons (Fsp3) is 0.0952. The topological polar surface area (TPSA) is 128 Å². The van der Waals surface area contributed by atoms with Crippen molar-refractivity contribution in [2.24, 2.45) is 0 Å². The molecule has 0 aliphatic heterocycles. The summed E-state index contributed by atoms with van der Waals surface area (Å²) in [5, 5.41) is 14.9. The number of anilines is 3. The monoisotopic (exact) mass is 387 g/mol. The molecule has 8 heteroatoms. The van der Waals surface area contributed by atoms with Gasteiger partial charge in [0, 0.05) is 23.9 Å². The maximum Gasteiger partial charge on any atom is 0.291 e. The van der Waals surface area contributed by atoms with Crippen molar-refractivity contribution in [3.63, 3.8) is 0 Å². The van der Waals surface area contributed by atoms with Gasteiger partial charge in [0.1, 0.15) is 11.6 Å². The number of benzene rings is 2. The standard InChI is InChI=1S/C21H17N5O3/c1-12-6-8-15(9-7-12)24-21-25-18(17(11-22)20(29)26-21)14-4-3-5-16(10-14)23-19(28)13(2)27/h3-10H,1-2H3,(H,23,28)(H2,24,25,26,29). The van der Waals surface area contributed by atoms with Crippen LogP contribution in [0.1, 0.15) is 18.1 Å². The Labute approximate surface area is 166 Å². The first-order valence-corrected chi connectivity index (χ1v) is 8.68. The molecule has 3 rings (SSSR count). The van der Waals surface area contributed by atoms with Crippen molar-refractivity contribution >= 4 is 29.0 Å². The average molecular weight is 387 g/mol. The second-order valence-corrected chi connectivity index (χ2v) is 6.33. The predicted molar refractivity (Wildman–Crippen MR) is 109 cm³/mol. The second-order valence-electron chi connectivity index (χ2n) is 6.33. The van der Waals surface area contributed by atoms with E-state index in [-0.39, 0.29) is 17.2 Å². The van der Waals surface area contributed by atoms with E-state index in [2.05, 4.69) is 20.6 Å². The SMILES string of the molecule is CC(=O)C(=O)Nc1cccc(-c2nc(Nc3ccc(C)cc3)[nH]c(=O)c2C#N)c1. The molecule has 0 fully saturated rings. The van der Waals surface area contributed by atoms with Crippen molar-refractivity contribution < 1.29 is 9.59 Å². The molecular formula is C21H17N5O3. The number of nitriles is 1. The van der Waals surface area contributed by atoms with Gasteiger partial charge in [0.15, 0.2) is 0 Å². The van der Waals surface area contributed by atoms with Crippen molar-refractivity contribution in [3.05, 3.63) is 70.0 Å². The van der Waals surface area contributed by atoms with Crippen molar-refractivity contribution in [3.8, 4) is 17.3 Å². The summed E-state index contributed by atoms with van der Waals surface area (Å²) in [7, 11) is 0. The quantitative estimate of drug-likeness (QED) is 0.578. The van der Waals surface area contributed by atoms with Crippen LogP contribution < -0.4 is 16.2 Å². The molecule has 0 bridgehead atoms. The minimum atomic E-state index is -0.761. The van der Waals surface area contributed by atoms with Crippen molar-refractivity contribution in [1.29, 1.82) is 5.26 Å². The number of nitrogens with zero attached hydrogens (tertiary/aromatic N) is 2. The molecule has 1 heterocycles. The summed E-state index contributed by atoms with van der Waals surface area (Å²) in [5.41, 5.74) is 2.01. The lowest BCUT2D eigenvalue weighted by atomic mass is 10.1. The molecule has 29 heavy (non-hydrogen) atoms. The highest BCUT2D eigenvalue weighted by Crippen LogP contribution is 2.24. The van der Waals surface area contributed by atoms with Crippen LogP contribution in [0, 0.1) is 18.3 Å². The van der Waals surface area contributed by atoms with Crippen molar-refractivity contribution in [2.75, 3.05) is 10.6 Å². The molecule has 1 aromatic heterocycles. The van der Waals surface area contributed by atoms with E-state index in [0.717, 1.165) is 18.2 Å². The van der Waals surface area contributed by atoms with Crippen LogP contribution >= 0.6 is 0 Å². The molecular weight excluding hydrogens is 370 g/mol.